The fourth-order valence-corrected chi connectivity index (χ4v) is 1.79. The summed E-state index contributed by atoms with van der Waals surface area (Å²) < 4.78 is 0. The van der Waals surface area contributed by atoms with E-state index in [9.17, 15) is 24.3 Å². The van der Waals surface area contributed by atoms with E-state index in [-0.39, 0.29) is 6.42 Å². The lowest BCUT2D eigenvalue weighted by Gasteiger charge is -2.24. The van der Waals surface area contributed by atoms with Crippen molar-refractivity contribution in [2.75, 3.05) is 0 Å². The smallest absolute Gasteiger partial charge is 0.326 e. The van der Waals surface area contributed by atoms with Crippen LogP contribution in [0.15, 0.2) is 0 Å². The maximum absolute atomic E-state index is 12.2. The van der Waals surface area contributed by atoms with E-state index < -0.39 is 60.3 Å². The van der Waals surface area contributed by atoms with E-state index in [0.717, 1.165) is 0 Å². The molecule has 0 saturated heterocycles. The molecule has 0 aliphatic rings. The molecule has 0 fully saturated rings. The quantitative estimate of drug-likeness (QED) is 0.270. The largest absolute Gasteiger partial charge is 0.481 e. The summed E-state index contributed by atoms with van der Waals surface area (Å²) in [6.45, 7) is 4.47. The zero-order valence-electron chi connectivity index (χ0n) is 13.9. The van der Waals surface area contributed by atoms with E-state index in [0.29, 0.717) is 0 Å². The summed E-state index contributed by atoms with van der Waals surface area (Å²) in [6.07, 6.45) is -1.83. The molecule has 0 bridgehead atoms. The van der Waals surface area contributed by atoms with Gasteiger partial charge >= 0.3 is 11.9 Å². The summed E-state index contributed by atoms with van der Waals surface area (Å²) in [4.78, 5) is 45.9. The first kappa shape index (κ1) is 21.8. The van der Waals surface area contributed by atoms with Gasteiger partial charge in [-0.25, -0.2) is 4.79 Å². The van der Waals surface area contributed by atoms with Gasteiger partial charge in [-0.1, -0.05) is 13.8 Å². The van der Waals surface area contributed by atoms with Crippen molar-refractivity contribution in [3.05, 3.63) is 0 Å². The fraction of sp³-hybridized carbons (Fsp3) is 0.714. The van der Waals surface area contributed by atoms with Crippen LogP contribution in [-0.4, -0.2) is 63.3 Å². The van der Waals surface area contributed by atoms with Crippen molar-refractivity contribution in [1.82, 2.24) is 10.6 Å². The molecule has 7 N–H and O–H groups in total. The molecule has 0 aliphatic carbocycles. The molecule has 4 unspecified atom stereocenters. The van der Waals surface area contributed by atoms with Crippen LogP contribution in [0.25, 0.3) is 0 Å². The molecule has 138 valence electrons. The Morgan fingerprint density at radius 3 is 1.92 bits per heavy atom. The normalized spacial score (nSPS) is 15.9. The summed E-state index contributed by atoms with van der Waals surface area (Å²) in [5.74, 6) is -4.51. The number of carboxylic acids is 2. The molecule has 2 amide bonds. The highest BCUT2D eigenvalue weighted by atomic mass is 16.4. The first-order chi connectivity index (χ1) is 11.0. The van der Waals surface area contributed by atoms with Crippen LogP contribution in [0.4, 0.5) is 0 Å². The van der Waals surface area contributed by atoms with Gasteiger partial charge in [0.15, 0.2) is 0 Å². The SMILES string of the molecule is CC(C)C(NC(=O)C(CCC(=O)O)NC(=O)C(N)C(C)O)C(=O)O. The monoisotopic (exact) mass is 347 g/mol. The number of nitrogens with one attached hydrogen (secondary N) is 2. The van der Waals surface area contributed by atoms with Crippen LogP contribution in [0.5, 0.6) is 0 Å². The van der Waals surface area contributed by atoms with Gasteiger partial charge in [-0.15, -0.1) is 0 Å². The maximum atomic E-state index is 12.2. The Balaban J connectivity index is 5.10. The second-order valence-corrected chi connectivity index (χ2v) is 5.83. The third-order valence-corrected chi connectivity index (χ3v) is 3.33. The van der Waals surface area contributed by atoms with E-state index >= 15 is 0 Å². The van der Waals surface area contributed by atoms with E-state index in [4.69, 9.17) is 15.9 Å². The van der Waals surface area contributed by atoms with Crippen LogP contribution in [0.2, 0.25) is 0 Å². The average molecular weight is 347 g/mol. The van der Waals surface area contributed by atoms with Gasteiger partial charge in [0.1, 0.15) is 18.1 Å². The molecule has 10 heteroatoms. The Labute approximate surface area is 139 Å². The summed E-state index contributed by atoms with van der Waals surface area (Å²) in [5.41, 5.74) is 5.46. The van der Waals surface area contributed by atoms with Crippen molar-refractivity contribution in [2.45, 2.75) is 57.8 Å². The third kappa shape index (κ3) is 7.38. The molecule has 0 aromatic rings. The zero-order valence-corrected chi connectivity index (χ0v) is 13.9. The minimum Gasteiger partial charge on any atom is -0.481 e. The number of amides is 2. The molecule has 0 spiro atoms. The Kier molecular flexibility index (Phi) is 8.93. The van der Waals surface area contributed by atoms with Crippen molar-refractivity contribution in [1.29, 1.82) is 0 Å². The number of aliphatic carboxylic acids is 2. The first-order valence-electron chi connectivity index (χ1n) is 7.46. The minimum absolute atomic E-state index is 0.246. The average Bonchev–Trinajstić information content (AvgIpc) is 2.46. The maximum Gasteiger partial charge on any atom is 0.326 e. The number of carboxylic acid groups (broad SMARTS) is 2. The van der Waals surface area contributed by atoms with E-state index in [2.05, 4.69) is 10.6 Å². The Bertz CT molecular complexity index is 479. The predicted molar refractivity (Wildman–Crippen MR) is 82.9 cm³/mol. The predicted octanol–water partition coefficient (Wildman–Crippen LogP) is -1.73. The highest BCUT2D eigenvalue weighted by Gasteiger charge is 2.30. The summed E-state index contributed by atoms with van der Waals surface area (Å²) in [5, 5.41) is 31.6. The lowest BCUT2D eigenvalue weighted by Crippen LogP contribution is -2.57. The van der Waals surface area contributed by atoms with E-state index in [1.165, 1.54) is 6.92 Å². The van der Waals surface area contributed by atoms with Crippen LogP contribution in [0, 0.1) is 5.92 Å². The van der Waals surface area contributed by atoms with Gasteiger partial charge in [-0.05, 0) is 19.3 Å². The lowest BCUT2D eigenvalue weighted by molar-refractivity contribution is -0.144. The van der Waals surface area contributed by atoms with Crippen molar-refractivity contribution in [3.8, 4) is 0 Å². The molecule has 0 radical (unpaired) electrons. The zero-order chi connectivity index (χ0) is 19.0. The van der Waals surface area contributed by atoms with Gasteiger partial charge in [0.05, 0.1) is 6.10 Å². The number of aliphatic hydroxyl groups excluding tert-OH is 1. The molecule has 0 saturated carbocycles. The van der Waals surface area contributed by atoms with Crippen molar-refractivity contribution in [2.24, 2.45) is 11.7 Å². The topological polar surface area (TPSA) is 179 Å². The molecule has 4 atom stereocenters. The van der Waals surface area contributed by atoms with Gasteiger partial charge in [-0.3, -0.25) is 14.4 Å². The number of aliphatic hydroxyl groups is 1. The molecule has 0 heterocycles. The Morgan fingerprint density at radius 2 is 1.54 bits per heavy atom. The molecule has 0 aromatic carbocycles. The van der Waals surface area contributed by atoms with Gasteiger partial charge in [0, 0.05) is 6.42 Å². The van der Waals surface area contributed by atoms with E-state index in [1.54, 1.807) is 13.8 Å². The van der Waals surface area contributed by atoms with Gasteiger partial charge in [0.2, 0.25) is 11.8 Å². The number of hydrogen-bond donors (Lipinski definition) is 6. The van der Waals surface area contributed by atoms with Gasteiger partial charge in [0.25, 0.3) is 0 Å². The van der Waals surface area contributed by atoms with Crippen molar-refractivity contribution in [3.63, 3.8) is 0 Å². The number of carbonyl (C=O) groups excluding carboxylic acids is 2. The van der Waals surface area contributed by atoms with Crippen LogP contribution in [0.3, 0.4) is 0 Å². The molecular formula is C14H25N3O7. The number of nitrogens with two attached hydrogens (primary N) is 1. The van der Waals surface area contributed by atoms with Crippen molar-refractivity contribution < 1.29 is 34.5 Å². The van der Waals surface area contributed by atoms with Crippen LogP contribution < -0.4 is 16.4 Å². The van der Waals surface area contributed by atoms with Crippen molar-refractivity contribution >= 4 is 23.8 Å². The highest BCUT2D eigenvalue weighted by Crippen LogP contribution is 2.05. The Morgan fingerprint density at radius 1 is 1.00 bits per heavy atom. The molecule has 24 heavy (non-hydrogen) atoms. The Hall–Kier alpha value is -2.20. The second-order valence-electron chi connectivity index (χ2n) is 5.83. The summed E-state index contributed by atoms with van der Waals surface area (Å²) >= 11 is 0. The molecular weight excluding hydrogens is 322 g/mol. The highest BCUT2D eigenvalue weighted by molar-refractivity contribution is 5.92. The lowest BCUT2D eigenvalue weighted by atomic mass is 10.0. The third-order valence-electron chi connectivity index (χ3n) is 3.33. The van der Waals surface area contributed by atoms with Gasteiger partial charge in [-0.2, -0.15) is 0 Å². The molecule has 10 nitrogen and oxygen atoms in total. The molecule has 0 aromatic heterocycles. The number of carbonyl (C=O) groups is 4. The first-order valence-corrected chi connectivity index (χ1v) is 7.46. The number of rotatable bonds is 10. The minimum atomic E-state index is -1.30. The van der Waals surface area contributed by atoms with Gasteiger partial charge < -0.3 is 31.7 Å². The van der Waals surface area contributed by atoms with Crippen LogP contribution in [0.1, 0.15) is 33.6 Å². The summed E-state index contributed by atoms with van der Waals surface area (Å²) in [7, 11) is 0. The molecule has 0 aliphatic heterocycles. The van der Waals surface area contributed by atoms with Crippen LogP contribution in [-0.2, 0) is 19.2 Å². The fourth-order valence-electron chi connectivity index (χ4n) is 1.79. The standard InChI is InChI=1S/C14H25N3O7/c1-6(2)11(14(23)24)17-12(21)8(4-5-9(19)20)16-13(22)10(15)7(3)18/h6-8,10-11,18H,4-5,15H2,1-3H3,(H,16,22)(H,17,21)(H,19,20)(H,23,24). The summed E-state index contributed by atoms with van der Waals surface area (Å²) in [6, 6.07) is -3.77. The van der Waals surface area contributed by atoms with Crippen LogP contribution >= 0.6 is 0 Å². The number of hydrogen-bond acceptors (Lipinski definition) is 6. The van der Waals surface area contributed by atoms with E-state index in [1.807, 2.05) is 0 Å². The molecule has 0 rings (SSSR count). The second kappa shape index (κ2) is 9.83.